The monoisotopic (exact) mass is 535 g/mol. The van der Waals surface area contributed by atoms with Gasteiger partial charge in [0.05, 0.1) is 19.5 Å². The highest BCUT2D eigenvalue weighted by Crippen LogP contribution is 2.20. The number of ether oxygens (including phenoxy) is 2. The van der Waals surface area contributed by atoms with Crippen LogP contribution in [0, 0.1) is 0 Å². The van der Waals surface area contributed by atoms with Crippen LogP contribution < -0.4 is 20.1 Å². The number of fused-ring (bicyclic) bond motifs is 1. The number of carboxylic acid groups (broad SMARTS) is 1. The van der Waals surface area contributed by atoms with Crippen molar-refractivity contribution in [2.24, 2.45) is 0 Å². The number of rotatable bonds is 16. The standard InChI is InChI=1S/C28H37N7O4/c1-38-26-20-31-24(19-32-26)34-23(28(36)37)12-16-35(17-18-39-25-9-2-4-13-29-25)15-5-3-8-22-11-10-21-7-6-14-30-27(21)33-22/h2,4,9-11,13,19-20,23H,3,5-8,12,14-18H2,1H3,(H,30,33)(H,31,34)(H,36,37). The van der Waals surface area contributed by atoms with Crippen LogP contribution in [0.3, 0.4) is 0 Å². The van der Waals surface area contributed by atoms with E-state index in [0.29, 0.717) is 43.7 Å². The van der Waals surface area contributed by atoms with Gasteiger partial charge in [0, 0.05) is 37.6 Å². The van der Waals surface area contributed by atoms with E-state index in [0.717, 1.165) is 56.7 Å². The van der Waals surface area contributed by atoms with Gasteiger partial charge >= 0.3 is 5.97 Å². The van der Waals surface area contributed by atoms with Gasteiger partial charge in [-0.2, -0.15) is 0 Å². The smallest absolute Gasteiger partial charge is 0.326 e. The fraction of sp³-hybridized carbons (Fsp3) is 0.464. The minimum atomic E-state index is -0.940. The van der Waals surface area contributed by atoms with E-state index in [4.69, 9.17) is 14.5 Å². The molecule has 1 aliphatic heterocycles. The topological polar surface area (TPSA) is 135 Å². The Bertz CT molecular complexity index is 1160. The van der Waals surface area contributed by atoms with Crippen LogP contribution in [0.2, 0.25) is 0 Å². The summed E-state index contributed by atoms with van der Waals surface area (Å²) in [7, 11) is 1.50. The third-order valence-corrected chi connectivity index (χ3v) is 6.60. The highest BCUT2D eigenvalue weighted by Gasteiger charge is 2.20. The van der Waals surface area contributed by atoms with Crippen molar-refractivity contribution >= 4 is 17.6 Å². The van der Waals surface area contributed by atoms with Gasteiger partial charge in [0.25, 0.3) is 0 Å². The second-order valence-corrected chi connectivity index (χ2v) is 9.42. The molecule has 0 amide bonds. The minimum Gasteiger partial charge on any atom is -0.480 e. The van der Waals surface area contributed by atoms with Gasteiger partial charge in [0.1, 0.15) is 24.3 Å². The molecule has 11 heteroatoms. The van der Waals surface area contributed by atoms with Gasteiger partial charge in [-0.1, -0.05) is 12.1 Å². The summed E-state index contributed by atoms with van der Waals surface area (Å²) in [4.78, 5) is 31.5. The highest BCUT2D eigenvalue weighted by atomic mass is 16.5. The fourth-order valence-corrected chi connectivity index (χ4v) is 4.44. The first-order valence-corrected chi connectivity index (χ1v) is 13.4. The molecule has 1 unspecified atom stereocenters. The SMILES string of the molecule is COc1cnc(NC(CCN(CCCCc2ccc3c(n2)NCCC3)CCOc2ccccn2)C(=O)O)cn1. The second-order valence-electron chi connectivity index (χ2n) is 9.42. The zero-order valence-electron chi connectivity index (χ0n) is 22.4. The van der Waals surface area contributed by atoms with Crippen molar-refractivity contribution in [2.45, 2.75) is 44.6 Å². The number of nitrogens with zero attached hydrogens (tertiary/aromatic N) is 5. The summed E-state index contributed by atoms with van der Waals surface area (Å²) in [5, 5.41) is 16.2. The number of hydrogen-bond acceptors (Lipinski definition) is 10. The third kappa shape index (κ3) is 9.06. The lowest BCUT2D eigenvalue weighted by Gasteiger charge is -2.24. The summed E-state index contributed by atoms with van der Waals surface area (Å²) >= 11 is 0. The van der Waals surface area contributed by atoms with Crippen LogP contribution in [-0.4, -0.2) is 81.8 Å². The van der Waals surface area contributed by atoms with Crippen molar-refractivity contribution in [2.75, 3.05) is 50.5 Å². The summed E-state index contributed by atoms with van der Waals surface area (Å²) in [6.07, 6.45) is 10.1. The van der Waals surface area contributed by atoms with Crippen LogP contribution in [0.1, 0.15) is 36.9 Å². The maximum atomic E-state index is 12.0. The summed E-state index contributed by atoms with van der Waals surface area (Å²) in [5.41, 5.74) is 2.40. The summed E-state index contributed by atoms with van der Waals surface area (Å²) in [6, 6.07) is 9.07. The number of pyridine rings is 2. The lowest BCUT2D eigenvalue weighted by Crippen LogP contribution is -2.37. The van der Waals surface area contributed by atoms with E-state index in [9.17, 15) is 9.90 Å². The molecule has 3 aromatic rings. The maximum Gasteiger partial charge on any atom is 0.326 e. The predicted molar refractivity (Wildman–Crippen MR) is 148 cm³/mol. The Morgan fingerprint density at radius 1 is 1.10 bits per heavy atom. The quantitative estimate of drug-likeness (QED) is 0.233. The van der Waals surface area contributed by atoms with E-state index < -0.39 is 12.0 Å². The molecule has 4 heterocycles. The highest BCUT2D eigenvalue weighted by molar-refractivity contribution is 5.76. The van der Waals surface area contributed by atoms with Gasteiger partial charge in [0.2, 0.25) is 11.8 Å². The second kappa shape index (κ2) is 14.8. The van der Waals surface area contributed by atoms with E-state index in [1.807, 2.05) is 18.2 Å². The zero-order valence-corrected chi connectivity index (χ0v) is 22.4. The van der Waals surface area contributed by atoms with Crippen molar-refractivity contribution in [1.29, 1.82) is 0 Å². The van der Waals surface area contributed by atoms with Gasteiger partial charge in [-0.25, -0.2) is 24.7 Å². The molecule has 0 radical (unpaired) electrons. The van der Waals surface area contributed by atoms with Crippen LogP contribution in [0.5, 0.6) is 11.8 Å². The Morgan fingerprint density at radius 3 is 2.79 bits per heavy atom. The molecular formula is C28H37N7O4. The van der Waals surface area contributed by atoms with E-state index in [-0.39, 0.29) is 0 Å². The molecule has 0 bridgehead atoms. The average Bonchev–Trinajstić information content (AvgIpc) is 2.97. The molecule has 208 valence electrons. The molecule has 0 aromatic carbocycles. The van der Waals surface area contributed by atoms with Crippen molar-refractivity contribution < 1.29 is 19.4 Å². The Balaban J connectivity index is 1.29. The summed E-state index contributed by atoms with van der Waals surface area (Å²) < 4.78 is 10.8. The van der Waals surface area contributed by atoms with Crippen LogP contribution in [-0.2, 0) is 17.6 Å². The summed E-state index contributed by atoms with van der Waals surface area (Å²) in [5.74, 6) is 1.42. The van der Waals surface area contributed by atoms with Crippen LogP contribution in [0.15, 0.2) is 48.9 Å². The Hall–Kier alpha value is -3.99. The molecule has 0 fully saturated rings. The molecular weight excluding hydrogens is 498 g/mol. The number of hydrogen-bond donors (Lipinski definition) is 3. The van der Waals surface area contributed by atoms with Crippen molar-refractivity contribution in [3.05, 3.63) is 60.2 Å². The number of anilines is 2. The number of aryl methyl sites for hydroxylation is 2. The molecule has 11 nitrogen and oxygen atoms in total. The number of aromatic nitrogens is 4. The van der Waals surface area contributed by atoms with Gasteiger partial charge in [-0.05, 0) is 62.8 Å². The number of methoxy groups -OCH3 is 1. The number of unbranched alkanes of at least 4 members (excludes halogenated alkanes) is 1. The van der Waals surface area contributed by atoms with Crippen LogP contribution in [0.4, 0.5) is 11.6 Å². The molecule has 1 aliphatic rings. The predicted octanol–water partition coefficient (Wildman–Crippen LogP) is 3.29. The number of carbonyl (C=O) groups is 1. The Kier molecular flexibility index (Phi) is 10.6. The number of carboxylic acids is 1. The van der Waals surface area contributed by atoms with Gasteiger partial charge in [-0.3, -0.25) is 4.90 Å². The van der Waals surface area contributed by atoms with E-state index in [1.165, 1.54) is 25.1 Å². The molecule has 3 aromatic heterocycles. The van der Waals surface area contributed by atoms with Gasteiger partial charge in [0.15, 0.2) is 0 Å². The largest absolute Gasteiger partial charge is 0.480 e. The number of nitrogens with one attached hydrogen (secondary N) is 2. The van der Waals surface area contributed by atoms with Crippen molar-refractivity contribution in [1.82, 2.24) is 24.8 Å². The normalized spacial score (nSPS) is 13.3. The van der Waals surface area contributed by atoms with Crippen LogP contribution >= 0.6 is 0 Å². The average molecular weight is 536 g/mol. The molecule has 1 atom stereocenters. The molecule has 4 rings (SSSR count). The third-order valence-electron chi connectivity index (χ3n) is 6.60. The lowest BCUT2D eigenvalue weighted by molar-refractivity contribution is -0.138. The molecule has 0 saturated heterocycles. The molecule has 3 N–H and O–H groups in total. The molecule has 0 spiro atoms. The van der Waals surface area contributed by atoms with Crippen molar-refractivity contribution in [3.63, 3.8) is 0 Å². The lowest BCUT2D eigenvalue weighted by atomic mass is 10.1. The molecule has 0 saturated carbocycles. The first kappa shape index (κ1) is 28.0. The Labute approximate surface area is 229 Å². The van der Waals surface area contributed by atoms with Gasteiger partial charge < -0.3 is 25.2 Å². The van der Waals surface area contributed by atoms with E-state index >= 15 is 0 Å². The van der Waals surface area contributed by atoms with Gasteiger partial charge in [-0.15, -0.1) is 0 Å². The molecule has 39 heavy (non-hydrogen) atoms. The maximum absolute atomic E-state index is 12.0. The first-order chi connectivity index (χ1) is 19.1. The number of aliphatic carboxylic acids is 1. The fourth-order valence-electron chi connectivity index (χ4n) is 4.44. The van der Waals surface area contributed by atoms with E-state index in [1.54, 1.807) is 6.20 Å². The van der Waals surface area contributed by atoms with Crippen molar-refractivity contribution in [3.8, 4) is 11.8 Å². The Morgan fingerprint density at radius 2 is 2.03 bits per heavy atom. The first-order valence-electron chi connectivity index (χ1n) is 13.4. The van der Waals surface area contributed by atoms with E-state index in [2.05, 4.69) is 42.6 Å². The minimum absolute atomic E-state index is 0.369. The zero-order chi connectivity index (χ0) is 27.3. The van der Waals surface area contributed by atoms with Crippen LogP contribution in [0.25, 0.3) is 0 Å². The summed E-state index contributed by atoms with van der Waals surface area (Å²) in [6.45, 7) is 3.51. The molecule has 0 aliphatic carbocycles.